The molecule has 0 spiro atoms. The van der Waals surface area contributed by atoms with Crippen LogP contribution >= 0.6 is 0 Å². The molecule has 2 rings (SSSR count). The third-order valence-corrected chi connectivity index (χ3v) is 2.60. The summed E-state index contributed by atoms with van der Waals surface area (Å²) in [4.78, 5) is 8.44. The summed E-state index contributed by atoms with van der Waals surface area (Å²) in [7, 11) is 0. The molecule has 0 N–H and O–H groups in total. The Morgan fingerprint density at radius 2 is 1.71 bits per heavy atom. The highest BCUT2D eigenvalue weighted by molar-refractivity contribution is 5.61. The van der Waals surface area contributed by atoms with Crippen LogP contribution in [0.1, 0.15) is 26.3 Å². The molecule has 88 valence electrons. The zero-order chi connectivity index (χ0) is 12.5. The first-order valence-electron chi connectivity index (χ1n) is 5.56. The molecule has 0 aliphatic carbocycles. The fourth-order valence-corrected chi connectivity index (χ4v) is 1.77. The normalized spacial score (nSPS) is 11.5. The van der Waals surface area contributed by atoms with Crippen molar-refractivity contribution in [1.82, 2.24) is 9.97 Å². The van der Waals surface area contributed by atoms with Crippen LogP contribution in [0.25, 0.3) is 11.4 Å². The zero-order valence-electron chi connectivity index (χ0n) is 10.2. The summed E-state index contributed by atoms with van der Waals surface area (Å²) < 4.78 is 13.4. The lowest BCUT2D eigenvalue weighted by Gasteiger charge is -2.22. The summed E-state index contributed by atoms with van der Waals surface area (Å²) >= 11 is 0. The Kier molecular flexibility index (Phi) is 2.92. The Morgan fingerprint density at radius 3 is 2.29 bits per heavy atom. The van der Waals surface area contributed by atoms with E-state index in [9.17, 15) is 4.39 Å². The molecule has 0 saturated heterocycles. The van der Waals surface area contributed by atoms with Gasteiger partial charge in [0.1, 0.15) is 5.82 Å². The molecule has 0 bridgehead atoms. The van der Waals surface area contributed by atoms with Crippen LogP contribution in [0, 0.1) is 5.82 Å². The summed E-state index contributed by atoms with van der Waals surface area (Å²) in [5.74, 6) is 0.409. The molecule has 0 atom stereocenters. The van der Waals surface area contributed by atoms with Gasteiger partial charge >= 0.3 is 0 Å². The van der Waals surface area contributed by atoms with Gasteiger partial charge in [0.05, 0.1) is 0 Å². The lowest BCUT2D eigenvalue weighted by molar-refractivity contribution is 0.573. The third-order valence-electron chi connectivity index (χ3n) is 2.60. The summed E-state index contributed by atoms with van der Waals surface area (Å²) in [5, 5.41) is 0. The monoisotopic (exact) mass is 230 g/mol. The minimum Gasteiger partial charge on any atom is -0.237 e. The molecule has 0 saturated carbocycles. The van der Waals surface area contributed by atoms with Crippen molar-refractivity contribution in [2.24, 2.45) is 0 Å². The standard InChI is InChI=1S/C14H15FN2/c1-14(2,3)12-9-10(15)5-6-11(12)13-16-7-4-8-17-13/h4-9H,1-3H3. The molecule has 0 unspecified atom stereocenters. The van der Waals surface area contributed by atoms with Crippen LogP contribution in [-0.2, 0) is 5.41 Å². The van der Waals surface area contributed by atoms with Gasteiger partial charge < -0.3 is 0 Å². The van der Waals surface area contributed by atoms with E-state index in [0.717, 1.165) is 11.1 Å². The van der Waals surface area contributed by atoms with Crippen LogP contribution in [0.15, 0.2) is 36.7 Å². The van der Waals surface area contributed by atoms with E-state index >= 15 is 0 Å². The average Bonchev–Trinajstić information content (AvgIpc) is 2.29. The highest BCUT2D eigenvalue weighted by atomic mass is 19.1. The second kappa shape index (κ2) is 4.24. The smallest absolute Gasteiger partial charge is 0.159 e. The van der Waals surface area contributed by atoms with Gasteiger partial charge in [-0.25, -0.2) is 14.4 Å². The lowest BCUT2D eigenvalue weighted by Crippen LogP contribution is -2.13. The molecule has 17 heavy (non-hydrogen) atoms. The summed E-state index contributed by atoms with van der Waals surface area (Å²) in [5.41, 5.74) is 1.67. The van der Waals surface area contributed by atoms with Gasteiger partial charge in [-0.05, 0) is 35.2 Å². The van der Waals surface area contributed by atoms with E-state index in [2.05, 4.69) is 9.97 Å². The second-order valence-corrected chi connectivity index (χ2v) is 5.01. The van der Waals surface area contributed by atoms with E-state index in [-0.39, 0.29) is 11.2 Å². The number of hydrogen-bond donors (Lipinski definition) is 0. The maximum absolute atomic E-state index is 13.4. The van der Waals surface area contributed by atoms with Gasteiger partial charge in [-0.1, -0.05) is 20.8 Å². The number of rotatable bonds is 1. The van der Waals surface area contributed by atoms with Gasteiger partial charge in [0.25, 0.3) is 0 Å². The largest absolute Gasteiger partial charge is 0.237 e. The highest BCUT2D eigenvalue weighted by Gasteiger charge is 2.20. The lowest BCUT2D eigenvalue weighted by atomic mass is 9.83. The van der Waals surface area contributed by atoms with Gasteiger partial charge in [-0.2, -0.15) is 0 Å². The topological polar surface area (TPSA) is 25.8 Å². The first-order valence-corrected chi connectivity index (χ1v) is 5.56. The van der Waals surface area contributed by atoms with Crippen molar-refractivity contribution in [1.29, 1.82) is 0 Å². The number of nitrogens with zero attached hydrogens (tertiary/aromatic N) is 2. The predicted octanol–water partition coefficient (Wildman–Crippen LogP) is 3.58. The van der Waals surface area contributed by atoms with Crippen LogP contribution in [-0.4, -0.2) is 9.97 Å². The van der Waals surface area contributed by atoms with Crippen LogP contribution in [0.4, 0.5) is 4.39 Å². The zero-order valence-corrected chi connectivity index (χ0v) is 10.2. The van der Waals surface area contributed by atoms with E-state index in [4.69, 9.17) is 0 Å². The molecule has 0 radical (unpaired) electrons. The molecule has 0 aliphatic rings. The van der Waals surface area contributed by atoms with Crippen molar-refractivity contribution in [3.8, 4) is 11.4 Å². The van der Waals surface area contributed by atoms with Crippen LogP contribution in [0.3, 0.4) is 0 Å². The fraction of sp³-hybridized carbons (Fsp3) is 0.286. The maximum atomic E-state index is 13.4. The quantitative estimate of drug-likeness (QED) is 0.748. The molecular weight excluding hydrogens is 215 g/mol. The van der Waals surface area contributed by atoms with Gasteiger partial charge in [-0.15, -0.1) is 0 Å². The molecule has 0 aliphatic heterocycles. The van der Waals surface area contributed by atoms with Gasteiger partial charge in [0, 0.05) is 18.0 Å². The Bertz CT molecular complexity index is 515. The van der Waals surface area contributed by atoms with E-state index < -0.39 is 0 Å². The van der Waals surface area contributed by atoms with Crippen molar-refractivity contribution in [3.63, 3.8) is 0 Å². The Labute approximate surface area is 101 Å². The second-order valence-electron chi connectivity index (χ2n) is 5.01. The molecule has 1 aromatic carbocycles. The van der Waals surface area contributed by atoms with E-state index in [0.29, 0.717) is 5.82 Å². The maximum Gasteiger partial charge on any atom is 0.159 e. The minimum absolute atomic E-state index is 0.142. The number of hydrogen-bond acceptors (Lipinski definition) is 2. The summed E-state index contributed by atoms with van der Waals surface area (Å²) in [6.07, 6.45) is 3.39. The Hall–Kier alpha value is -1.77. The van der Waals surface area contributed by atoms with Gasteiger partial charge in [-0.3, -0.25) is 0 Å². The van der Waals surface area contributed by atoms with Crippen LogP contribution in [0.2, 0.25) is 0 Å². The Balaban J connectivity index is 2.63. The molecular formula is C14H15FN2. The van der Waals surface area contributed by atoms with E-state index in [1.807, 2.05) is 20.8 Å². The third kappa shape index (κ3) is 2.49. The minimum atomic E-state index is -0.227. The molecule has 0 fully saturated rings. The fourth-order valence-electron chi connectivity index (χ4n) is 1.77. The first-order chi connectivity index (χ1) is 7.98. The van der Waals surface area contributed by atoms with Gasteiger partial charge in [0.15, 0.2) is 5.82 Å². The Morgan fingerprint density at radius 1 is 1.06 bits per heavy atom. The van der Waals surface area contributed by atoms with Gasteiger partial charge in [0.2, 0.25) is 0 Å². The van der Waals surface area contributed by atoms with Crippen LogP contribution < -0.4 is 0 Å². The van der Waals surface area contributed by atoms with Crippen LogP contribution in [0.5, 0.6) is 0 Å². The molecule has 3 heteroatoms. The number of halogens is 1. The molecule has 0 amide bonds. The van der Waals surface area contributed by atoms with E-state index in [1.165, 1.54) is 6.07 Å². The number of benzene rings is 1. The summed E-state index contributed by atoms with van der Waals surface area (Å²) in [6, 6.07) is 6.52. The van der Waals surface area contributed by atoms with Crippen molar-refractivity contribution in [3.05, 3.63) is 48.0 Å². The van der Waals surface area contributed by atoms with Crippen molar-refractivity contribution >= 4 is 0 Å². The molecule has 2 nitrogen and oxygen atoms in total. The SMILES string of the molecule is CC(C)(C)c1cc(F)ccc1-c1ncccn1. The van der Waals surface area contributed by atoms with Crippen molar-refractivity contribution in [2.75, 3.05) is 0 Å². The predicted molar refractivity (Wildman–Crippen MR) is 66.1 cm³/mol. The summed E-state index contributed by atoms with van der Waals surface area (Å²) in [6.45, 7) is 6.15. The first kappa shape index (κ1) is 11.7. The molecule has 1 aromatic heterocycles. The van der Waals surface area contributed by atoms with Crippen molar-refractivity contribution in [2.45, 2.75) is 26.2 Å². The molecule has 2 aromatic rings. The average molecular weight is 230 g/mol. The number of aromatic nitrogens is 2. The van der Waals surface area contributed by atoms with E-state index in [1.54, 1.807) is 30.6 Å². The van der Waals surface area contributed by atoms with Crippen molar-refractivity contribution < 1.29 is 4.39 Å². The molecule has 1 heterocycles. The highest BCUT2D eigenvalue weighted by Crippen LogP contribution is 2.31.